The number of ether oxygens (including phenoxy) is 2. The van der Waals surface area contributed by atoms with Gasteiger partial charge in [-0.25, -0.2) is 14.2 Å². The Labute approximate surface area is 143 Å². The van der Waals surface area contributed by atoms with Gasteiger partial charge in [-0.3, -0.25) is 5.32 Å². The standard InChI is InChI=1S/C16H16FN5O3/c1-24-16(23)21-10-6-11(17)15-14(7-10)22(4-5-25-15)13(2-3-18)12-8-19-9-20-12/h6-9,13H,2,4-5H2,1H3,(H,19,20)(H,21,23). The van der Waals surface area contributed by atoms with Crippen LogP contribution in [0, 0.1) is 17.1 Å². The Bertz CT molecular complexity index is 803. The summed E-state index contributed by atoms with van der Waals surface area (Å²) < 4.78 is 24.4. The van der Waals surface area contributed by atoms with Gasteiger partial charge in [0.25, 0.3) is 0 Å². The van der Waals surface area contributed by atoms with Crippen LogP contribution in [0.3, 0.4) is 0 Å². The summed E-state index contributed by atoms with van der Waals surface area (Å²) in [5.74, 6) is -0.516. The van der Waals surface area contributed by atoms with Crippen LogP contribution >= 0.6 is 0 Å². The Morgan fingerprint density at radius 2 is 2.48 bits per heavy atom. The number of rotatable bonds is 4. The lowest BCUT2D eigenvalue weighted by atomic mass is 10.1. The van der Waals surface area contributed by atoms with Crippen molar-refractivity contribution in [1.82, 2.24) is 9.97 Å². The minimum atomic E-state index is -0.704. The average Bonchev–Trinajstić information content (AvgIpc) is 3.13. The Morgan fingerprint density at radius 3 is 3.16 bits per heavy atom. The van der Waals surface area contributed by atoms with E-state index in [2.05, 4.69) is 26.1 Å². The number of hydrogen-bond acceptors (Lipinski definition) is 6. The van der Waals surface area contributed by atoms with E-state index in [0.29, 0.717) is 12.2 Å². The van der Waals surface area contributed by atoms with Crippen LogP contribution in [0.5, 0.6) is 5.75 Å². The summed E-state index contributed by atoms with van der Waals surface area (Å²) in [6.45, 7) is 0.739. The number of aromatic nitrogens is 2. The van der Waals surface area contributed by atoms with Crippen molar-refractivity contribution in [2.75, 3.05) is 30.5 Å². The molecule has 3 rings (SSSR count). The van der Waals surface area contributed by atoms with Gasteiger partial charge in [-0.2, -0.15) is 5.26 Å². The van der Waals surface area contributed by atoms with Gasteiger partial charge in [0.1, 0.15) is 6.61 Å². The molecular weight excluding hydrogens is 329 g/mol. The number of H-pyrrole nitrogens is 1. The number of nitrogens with zero attached hydrogens (tertiary/aromatic N) is 3. The third kappa shape index (κ3) is 3.33. The van der Waals surface area contributed by atoms with E-state index in [-0.39, 0.29) is 30.5 Å². The summed E-state index contributed by atoms with van der Waals surface area (Å²) in [7, 11) is 1.22. The van der Waals surface area contributed by atoms with Crippen LogP contribution in [0.4, 0.5) is 20.6 Å². The van der Waals surface area contributed by atoms with E-state index in [1.54, 1.807) is 12.3 Å². The average molecular weight is 345 g/mol. The van der Waals surface area contributed by atoms with Gasteiger partial charge in [-0.05, 0) is 6.07 Å². The molecule has 0 spiro atoms. The van der Waals surface area contributed by atoms with Gasteiger partial charge in [0.2, 0.25) is 0 Å². The first kappa shape index (κ1) is 16.6. The third-order valence-corrected chi connectivity index (χ3v) is 3.88. The summed E-state index contributed by atoms with van der Waals surface area (Å²) in [6.07, 6.45) is 2.63. The van der Waals surface area contributed by atoms with Crippen LogP contribution < -0.4 is 15.0 Å². The van der Waals surface area contributed by atoms with E-state index >= 15 is 0 Å². The molecule has 0 bridgehead atoms. The molecule has 8 nitrogen and oxygen atoms in total. The molecule has 2 aromatic rings. The fraction of sp³-hybridized carbons (Fsp3) is 0.312. The number of halogens is 1. The number of nitriles is 1. The zero-order valence-electron chi connectivity index (χ0n) is 13.5. The topological polar surface area (TPSA) is 103 Å². The molecule has 1 aliphatic heterocycles. The number of amides is 1. The van der Waals surface area contributed by atoms with Gasteiger partial charge < -0.3 is 19.4 Å². The van der Waals surface area contributed by atoms with Crippen LogP contribution in [0.15, 0.2) is 24.7 Å². The monoisotopic (exact) mass is 345 g/mol. The second-order valence-electron chi connectivity index (χ2n) is 5.35. The van der Waals surface area contributed by atoms with Gasteiger partial charge >= 0.3 is 6.09 Å². The number of anilines is 2. The maximum Gasteiger partial charge on any atom is 0.411 e. The van der Waals surface area contributed by atoms with Crippen LogP contribution in [0.2, 0.25) is 0 Å². The Morgan fingerprint density at radius 1 is 1.64 bits per heavy atom. The first-order chi connectivity index (χ1) is 12.1. The van der Waals surface area contributed by atoms with Crippen molar-refractivity contribution in [1.29, 1.82) is 5.26 Å². The highest BCUT2D eigenvalue weighted by atomic mass is 19.1. The molecule has 0 saturated heterocycles. The molecule has 1 atom stereocenters. The maximum atomic E-state index is 14.4. The molecule has 0 aliphatic carbocycles. The predicted octanol–water partition coefficient (Wildman–Crippen LogP) is 2.58. The molecule has 1 amide bonds. The van der Waals surface area contributed by atoms with Crippen molar-refractivity contribution in [3.05, 3.63) is 36.2 Å². The summed E-state index contributed by atoms with van der Waals surface area (Å²) in [5, 5.41) is 11.6. The fourth-order valence-electron chi connectivity index (χ4n) is 2.79. The molecule has 0 fully saturated rings. The van der Waals surface area contributed by atoms with E-state index in [0.717, 1.165) is 11.8 Å². The molecule has 25 heavy (non-hydrogen) atoms. The summed E-state index contributed by atoms with van der Waals surface area (Å²) >= 11 is 0. The number of benzene rings is 1. The molecule has 0 radical (unpaired) electrons. The normalized spacial score (nSPS) is 14.0. The second kappa shape index (κ2) is 7.09. The highest BCUT2D eigenvalue weighted by Crippen LogP contribution is 2.41. The number of methoxy groups -OCH3 is 1. The SMILES string of the molecule is COC(=O)Nc1cc(F)c2c(c1)N(C(CC#N)c1cnc[nH]1)CCO2. The zero-order valence-corrected chi connectivity index (χ0v) is 13.5. The second-order valence-corrected chi connectivity index (χ2v) is 5.35. The highest BCUT2D eigenvalue weighted by Gasteiger charge is 2.30. The first-order valence-corrected chi connectivity index (χ1v) is 7.57. The zero-order chi connectivity index (χ0) is 17.8. The lowest BCUT2D eigenvalue weighted by Gasteiger charge is -2.36. The number of aromatic amines is 1. The van der Waals surface area contributed by atoms with Crippen molar-refractivity contribution in [3.8, 4) is 11.8 Å². The lowest BCUT2D eigenvalue weighted by Crippen LogP contribution is -2.36. The molecule has 0 saturated carbocycles. The Balaban J connectivity index is 2.02. The van der Waals surface area contributed by atoms with Gasteiger partial charge in [0.05, 0.1) is 56.1 Å². The molecule has 130 valence electrons. The third-order valence-electron chi connectivity index (χ3n) is 3.88. The molecule has 1 aromatic heterocycles. The molecule has 2 heterocycles. The van der Waals surface area contributed by atoms with E-state index in [9.17, 15) is 14.4 Å². The van der Waals surface area contributed by atoms with Gasteiger partial charge in [-0.15, -0.1) is 0 Å². The summed E-state index contributed by atoms with van der Waals surface area (Å²) in [4.78, 5) is 20.3. The fourth-order valence-corrected chi connectivity index (χ4v) is 2.79. The van der Waals surface area contributed by atoms with Crippen LogP contribution in [0.25, 0.3) is 0 Å². The number of carbonyl (C=O) groups is 1. The quantitative estimate of drug-likeness (QED) is 0.883. The predicted molar refractivity (Wildman–Crippen MR) is 86.8 cm³/mol. The van der Waals surface area contributed by atoms with Crippen molar-refractivity contribution in [2.24, 2.45) is 0 Å². The molecule has 2 N–H and O–H groups in total. The van der Waals surface area contributed by atoms with Gasteiger partial charge in [0, 0.05) is 11.8 Å². The molecule has 1 unspecified atom stereocenters. The largest absolute Gasteiger partial charge is 0.486 e. The van der Waals surface area contributed by atoms with Crippen molar-refractivity contribution < 1.29 is 18.7 Å². The molecule has 1 aromatic carbocycles. The van der Waals surface area contributed by atoms with Crippen LogP contribution in [-0.4, -0.2) is 36.3 Å². The van der Waals surface area contributed by atoms with Gasteiger partial charge in [-0.1, -0.05) is 0 Å². The van der Waals surface area contributed by atoms with E-state index in [1.165, 1.54) is 13.4 Å². The number of imidazole rings is 1. The van der Waals surface area contributed by atoms with Gasteiger partial charge in [0.15, 0.2) is 11.6 Å². The minimum Gasteiger partial charge on any atom is -0.486 e. The van der Waals surface area contributed by atoms with E-state index < -0.39 is 11.9 Å². The van der Waals surface area contributed by atoms with Crippen molar-refractivity contribution in [2.45, 2.75) is 12.5 Å². The van der Waals surface area contributed by atoms with Crippen molar-refractivity contribution >= 4 is 17.5 Å². The van der Waals surface area contributed by atoms with E-state index in [4.69, 9.17) is 4.74 Å². The highest BCUT2D eigenvalue weighted by molar-refractivity contribution is 5.86. The maximum absolute atomic E-state index is 14.4. The summed E-state index contributed by atoms with van der Waals surface area (Å²) in [6, 6.07) is 4.55. The summed E-state index contributed by atoms with van der Waals surface area (Å²) in [5.41, 5.74) is 1.42. The van der Waals surface area contributed by atoms with Crippen LogP contribution in [0.1, 0.15) is 18.2 Å². The Kier molecular flexibility index (Phi) is 4.70. The van der Waals surface area contributed by atoms with Crippen molar-refractivity contribution in [3.63, 3.8) is 0 Å². The molecular formula is C16H16FN5O3. The number of nitrogens with one attached hydrogen (secondary N) is 2. The number of hydrogen-bond donors (Lipinski definition) is 2. The number of carbonyl (C=O) groups excluding carboxylic acids is 1. The van der Waals surface area contributed by atoms with E-state index in [1.807, 2.05) is 4.90 Å². The number of fused-ring (bicyclic) bond motifs is 1. The molecule has 1 aliphatic rings. The van der Waals surface area contributed by atoms with Crippen LogP contribution in [-0.2, 0) is 4.74 Å². The lowest BCUT2D eigenvalue weighted by molar-refractivity contribution is 0.187. The minimum absolute atomic E-state index is 0.0871. The Hall–Kier alpha value is -3.28. The smallest absolute Gasteiger partial charge is 0.411 e. The first-order valence-electron chi connectivity index (χ1n) is 7.57. The molecule has 9 heteroatoms.